The van der Waals surface area contributed by atoms with Crippen molar-refractivity contribution >= 4 is 22.9 Å². The standard InChI is InChI=1S/C22H22N2O4/c1-26-19-11-9-16-6-4-5-7-17(16)18(19)14-23-24-22(25)13-15-8-10-20(27-2)21(12-15)28-3/h4-12,14H,13H2,1-3H3,(H,24,25). The first kappa shape index (κ1) is 19.2. The number of carbonyl (C=O) groups excluding carboxylic acids is 1. The molecule has 0 fully saturated rings. The van der Waals surface area contributed by atoms with Gasteiger partial charge >= 0.3 is 0 Å². The van der Waals surface area contributed by atoms with Gasteiger partial charge in [-0.1, -0.05) is 36.4 Å². The summed E-state index contributed by atoms with van der Waals surface area (Å²) in [5.41, 5.74) is 4.18. The summed E-state index contributed by atoms with van der Waals surface area (Å²) in [7, 11) is 4.74. The summed E-state index contributed by atoms with van der Waals surface area (Å²) in [6.07, 6.45) is 1.78. The van der Waals surface area contributed by atoms with Crippen molar-refractivity contribution in [3.8, 4) is 17.2 Å². The Labute approximate surface area is 163 Å². The van der Waals surface area contributed by atoms with E-state index in [0.29, 0.717) is 17.2 Å². The smallest absolute Gasteiger partial charge is 0.244 e. The first-order valence-electron chi connectivity index (χ1n) is 8.74. The Morgan fingerprint density at radius 3 is 2.39 bits per heavy atom. The number of benzene rings is 3. The maximum absolute atomic E-state index is 12.2. The van der Waals surface area contributed by atoms with Crippen molar-refractivity contribution in [2.45, 2.75) is 6.42 Å². The van der Waals surface area contributed by atoms with E-state index < -0.39 is 0 Å². The molecule has 1 amide bonds. The molecule has 0 spiro atoms. The minimum absolute atomic E-state index is 0.171. The number of rotatable bonds is 7. The summed E-state index contributed by atoms with van der Waals surface area (Å²) < 4.78 is 15.9. The van der Waals surface area contributed by atoms with E-state index in [4.69, 9.17) is 14.2 Å². The highest BCUT2D eigenvalue weighted by molar-refractivity contribution is 6.02. The summed E-state index contributed by atoms with van der Waals surface area (Å²) >= 11 is 0. The van der Waals surface area contributed by atoms with Crippen LogP contribution in [0.2, 0.25) is 0 Å². The summed E-state index contributed by atoms with van der Waals surface area (Å²) in [4.78, 5) is 12.2. The van der Waals surface area contributed by atoms with Crippen molar-refractivity contribution in [3.63, 3.8) is 0 Å². The van der Waals surface area contributed by atoms with Gasteiger partial charge in [0.15, 0.2) is 11.5 Å². The largest absolute Gasteiger partial charge is 0.496 e. The number of hydrogen-bond acceptors (Lipinski definition) is 5. The number of carbonyl (C=O) groups is 1. The number of hydrogen-bond donors (Lipinski definition) is 1. The Balaban J connectivity index is 1.73. The van der Waals surface area contributed by atoms with Crippen molar-refractivity contribution in [2.75, 3.05) is 21.3 Å². The van der Waals surface area contributed by atoms with Crippen molar-refractivity contribution in [2.24, 2.45) is 5.10 Å². The molecule has 6 nitrogen and oxygen atoms in total. The third-order valence-electron chi connectivity index (χ3n) is 4.35. The molecule has 3 aromatic rings. The molecule has 28 heavy (non-hydrogen) atoms. The molecular weight excluding hydrogens is 356 g/mol. The van der Waals surface area contributed by atoms with Gasteiger partial charge in [-0.2, -0.15) is 5.10 Å². The number of fused-ring (bicyclic) bond motifs is 1. The fraction of sp³-hybridized carbons (Fsp3) is 0.182. The Kier molecular flexibility index (Phi) is 6.11. The molecule has 0 aliphatic heterocycles. The molecule has 0 saturated carbocycles. The van der Waals surface area contributed by atoms with Gasteiger partial charge in [0.25, 0.3) is 0 Å². The number of hydrazone groups is 1. The molecule has 0 unspecified atom stereocenters. The number of nitrogens with zero attached hydrogens (tertiary/aromatic N) is 1. The molecule has 0 saturated heterocycles. The number of nitrogens with one attached hydrogen (secondary N) is 1. The summed E-state index contributed by atoms with van der Waals surface area (Å²) in [5.74, 6) is 1.66. The second kappa shape index (κ2) is 8.90. The summed E-state index contributed by atoms with van der Waals surface area (Å²) in [5, 5.41) is 6.18. The minimum Gasteiger partial charge on any atom is -0.496 e. The van der Waals surface area contributed by atoms with Crippen LogP contribution in [0.1, 0.15) is 11.1 Å². The molecule has 144 valence electrons. The van der Waals surface area contributed by atoms with E-state index >= 15 is 0 Å². The Morgan fingerprint density at radius 1 is 0.929 bits per heavy atom. The van der Waals surface area contributed by atoms with Crippen LogP contribution in [0.15, 0.2) is 59.7 Å². The van der Waals surface area contributed by atoms with Crippen LogP contribution >= 0.6 is 0 Å². The third-order valence-corrected chi connectivity index (χ3v) is 4.35. The van der Waals surface area contributed by atoms with E-state index in [2.05, 4.69) is 10.5 Å². The lowest BCUT2D eigenvalue weighted by molar-refractivity contribution is -0.120. The highest BCUT2D eigenvalue weighted by Crippen LogP contribution is 2.28. The molecule has 0 aromatic heterocycles. The van der Waals surface area contributed by atoms with E-state index in [1.165, 1.54) is 0 Å². The molecule has 0 aliphatic carbocycles. The van der Waals surface area contributed by atoms with Crippen LogP contribution in [0.3, 0.4) is 0 Å². The topological polar surface area (TPSA) is 69.2 Å². The van der Waals surface area contributed by atoms with E-state index in [1.807, 2.05) is 42.5 Å². The van der Waals surface area contributed by atoms with Gasteiger partial charge in [0.2, 0.25) is 5.91 Å². The summed E-state index contributed by atoms with van der Waals surface area (Å²) in [6, 6.07) is 17.2. The van der Waals surface area contributed by atoms with Gasteiger partial charge in [-0.3, -0.25) is 4.79 Å². The minimum atomic E-state index is -0.234. The van der Waals surface area contributed by atoms with Crippen molar-refractivity contribution in [3.05, 3.63) is 65.7 Å². The van der Waals surface area contributed by atoms with Crippen LogP contribution in [0.4, 0.5) is 0 Å². The number of amides is 1. The molecule has 1 N–H and O–H groups in total. The fourth-order valence-electron chi connectivity index (χ4n) is 2.97. The Hall–Kier alpha value is -3.54. The Bertz CT molecular complexity index is 1010. The molecule has 0 heterocycles. The van der Waals surface area contributed by atoms with Crippen molar-refractivity contribution < 1.29 is 19.0 Å². The second-order valence-corrected chi connectivity index (χ2v) is 6.06. The fourth-order valence-corrected chi connectivity index (χ4v) is 2.97. The third kappa shape index (κ3) is 4.23. The zero-order chi connectivity index (χ0) is 19.9. The first-order chi connectivity index (χ1) is 13.7. The van der Waals surface area contributed by atoms with Gasteiger partial charge in [0, 0.05) is 5.56 Å². The zero-order valence-corrected chi connectivity index (χ0v) is 16.1. The molecule has 0 radical (unpaired) electrons. The SMILES string of the molecule is COc1ccc(CC(=O)NN=Cc2c(OC)ccc3ccccc23)cc1OC. The highest BCUT2D eigenvalue weighted by atomic mass is 16.5. The normalized spacial score (nSPS) is 10.8. The van der Waals surface area contributed by atoms with Crippen molar-refractivity contribution in [1.82, 2.24) is 5.43 Å². The monoisotopic (exact) mass is 378 g/mol. The van der Waals surface area contributed by atoms with Crippen LogP contribution in [0, 0.1) is 0 Å². The lowest BCUT2D eigenvalue weighted by atomic mass is 10.0. The number of methoxy groups -OCH3 is 3. The Morgan fingerprint density at radius 2 is 1.64 bits per heavy atom. The van der Waals surface area contributed by atoms with Gasteiger partial charge in [-0.15, -0.1) is 0 Å². The van der Waals surface area contributed by atoms with Crippen LogP contribution in [-0.4, -0.2) is 33.5 Å². The van der Waals surface area contributed by atoms with Crippen molar-refractivity contribution in [1.29, 1.82) is 0 Å². The average molecular weight is 378 g/mol. The molecule has 0 aliphatic rings. The lowest BCUT2D eigenvalue weighted by Crippen LogP contribution is -2.19. The molecule has 6 heteroatoms. The predicted octanol–water partition coefficient (Wildman–Crippen LogP) is 3.56. The first-order valence-corrected chi connectivity index (χ1v) is 8.74. The molecule has 0 bridgehead atoms. The zero-order valence-electron chi connectivity index (χ0n) is 16.1. The maximum Gasteiger partial charge on any atom is 0.244 e. The summed E-state index contributed by atoms with van der Waals surface area (Å²) in [6.45, 7) is 0. The molecular formula is C22H22N2O4. The van der Waals surface area contributed by atoms with Gasteiger partial charge in [-0.25, -0.2) is 5.43 Å². The molecule has 3 aromatic carbocycles. The molecule has 3 rings (SSSR count). The lowest BCUT2D eigenvalue weighted by Gasteiger charge is -2.09. The van der Waals surface area contributed by atoms with Crippen LogP contribution < -0.4 is 19.6 Å². The number of ether oxygens (including phenoxy) is 3. The van der Waals surface area contributed by atoms with E-state index in [1.54, 1.807) is 39.7 Å². The van der Waals surface area contributed by atoms with E-state index in [0.717, 1.165) is 21.9 Å². The van der Waals surface area contributed by atoms with Crippen LogP contribution in [0.5, 0.6) is 17.2 Å². The highest BCUT2D eigenvalue weighted by Gasteiger charge is 2.09. The van der Waals surface area contributed by atoms with Gasteiger partial charge in [0.05, 0.1) is 34.0 Å². The van der Waals surface area contributed by atoms with E-state index in [9.17, 15) is 4.79 Å². The van der Waals surface area contributed by atoms with E-state index in [-0.39, 0.29) is 12.3 Å². The average Bonchev–Trinajstić information content (AvgIpc) is 2.73. The van der Waals surface area contributed by atoms with Gasteiger partial charge in [-0.05, 0) is 34.5 Å². The second-order valence-electron chi connectivity index (χ2n) is 6.06. The van der Waals surface area contributed by atoms with Gasteiger partial charge in [0.1, 0.15) is 5.75 Å². The van der Waals surface area contributed by atoms with Crippen LogP contribution in [0.25, 0.3) is 10.8 Å². The quantitative estimate of drug-likeness (QED) is 0.504. The van der Waals surface area contributed by atoms with Gasteiger partial charge < -0.3 is 14.2 Å². The maximum atomic E-state index is 12.2. The molecule has 0 atom stereocenters. The predicted molar refractivity (Wildman–Crippen MR) is 109 cm³/mol. The van der Waals surface area contributed by atoms with Crippen LogP contribution in [-0.2, 0) is 11.2 Å².